The van der Waals surface area contributed by atoms with Crippen LogP contribution in [0.4, 0.5) is 4.79 Å². The highest BCUT2D eigenvalue weighted by Gasteiger charge is 2.43. The predicted octanol–water partition coefficient (Wildman–Crippen LogP) is 17.0. The quantitative estimate of drug-likeness (QED) is 0.0724. The van der Waals surface area contributed by atoms with E-state index >= 15 is 0 Å². The minimum Gasteiger partial charge on any atom is -0.385 e. The molecule has 6 saturated heterocycles. The Labute approximate surface area is 692 Å². The zero-order valence-electron chi connectivity index (χ0n) is 65.7. The van der Waals surface area contributed by atoms with Crippen LogP contribution < -0.4 is 5.73 Å². The Morgan fingerprint density at radius 2 is 0.793 bits per heavy atom. The van der Waals surface area contributed by atoms with Gasteiger partial charge in [0.2, 0.25) is 29.5 Å². The summed E-state index contributed by atoms with van der Waals surface area (Å²) >= 11 is 34.5. The van der Waals surface area contributed by atoms with Gasteiger partial charge < -0.3 is 39.9 Å². The summed E-state index contributed by atoms with van der Waals surface area (Å²) in [6.07, 6.45) is 12.8. The number of amides is 7. The van der Waals surface area contributed by atoms with Crippen molar-refractivity contribution in [2.75, 3.05) is 112 Å². The van der Waals surface area contributed by atoms with Gasteiger partial charge in [0.15, 0.2) is 0 Å². The Hall–Kier alpha value is -6.36. The third-order valence-corrected chi connectivity index (χ3v) is 25.2. The number of methoxy groups -OCH3 is 1. The Morgan fingerprint density at radius 3 is 1.12 bits per heavy atom. The number of likely N-dealkylation sites (tertiary alicyclic amines) is 3. The molecule has 4 atom stereocenters. The van der Waals surface area contributed by atoms with Crippen LogP contribution in [0, 0.1) is 23.2 Å². The van der Waals surface area contributed by atoms with Crippen LogP contribution in [-0.2, 0) is 28.7 Å². The highest BCUT2D eigenvalue weighted by Crippen LogP contribution is 2.40. The van der Waals surface area contributed by atoms with E-state index in [2.05, 4.69) is 140 Å². The lowest BCUT2D eigenvalue weighted by Crippen LogP contribution is -2.60. The minimum atomic E-state index is -0.371. The molecule has 1 aromatic heterocycles. The van der Waals surface area contributed by atoms with Crippen molar-refractivity contribution in [1.82, 2.24) is 49.1 Å². The lowest BCUT2D eigenvalue weighted by Gasteiger charge is -2.49. The molecule has 0 saturated carbocycles. The van der Waals surface area contributed by atoms with Crippen molar-refractivity contribution in [2.24, 2.45) is 28.9 Å². The number of pyridine rings is 1. The van der Waals surface area contributed by atoms with E-state index in [1.54, 1.807) is 25.9 Å². The molecule has 0 aliphatic carbocycles. The first-order valence-corrected chi connectivity index (χ1v) is 42.5. The number of halogens is 6. The Morgan fingerprint density at radius 1 is 0.459 bits per heavy atom. The van der Waals surface area contributed by atoms with Crippen LogP contribution in [0.15, 0.2) is 144 Å². The predicted molar refractivity (Wildman–Crippen MR) is 449 cm³/mol. The highest BCUT2D eigenvalue weighted by molar-refractivity contribution is 9.10. The third kappa shape index (κ3) is 24.6. The number of hydrogen-bond donors (Lipinski definition) is 1. The van der Waals surface area contributed by atoms with Gasteiger partial charge in [0.25, 0.3) is 0 Å². The number of piperidine rings is 3. The van der Waals surface area contributed by atoms with Crippen molar-refractivity contribution in [2.45, 2.75) is 161 Å². The van der Waals surface area contributed by atoms with Gasteiger partial charge in [0.1, 0.15) is 0 Å². The molecule has 18 nitrogen and oxygen atoms in total. The first-order chi connectivity index (χ1) is 53.2. The van der Waals surface area contributed by atoms with Gasteiger partial charge in [-0.2, -0.15) is 0 Å². The van der Waals surface area contributed by atoms with Gasteiger partial charge in [-0.25, -0.2) is 4.79 Å². The maximum absolute atomic E-state index is 13.6. The largest absolute Gasteiger partial charge is 0.385 e. The molecule has 0 spiro atoms. The van der Waals surface area contributed by atoms with Crippen LogP contribution in [0.5, 0.6) is 0 Å². The van der Waals surface area contributed by atoms with Crippen LogP contribution in [0.2, 0.25) is 25.1 Å². The smallest absolute Gasteiger partial charge is 0.314 e. The highest BCUT2D eigenvalue weighted by atomic mass is 79.9. The van der Waals surface area contributed by atoms with Crippen molar-refractivity contribution in [1.29, 1.82) is 0 Å². The summed E-state index contributed by atoms with van der Waals surface area (Å²) in [5.74, 6) is 1.95. The molecule has 0 bridgehead atoms. The first kappa shape index (κ1) is 87.0. The number of nitrogens with zero attached hydrogens (tertiary/aromatic N) is 10. The average Bonchev–Trinajstić information content (AvgIpc) is 0.791. The zero-order valence-corrected chi connectivity index (χ0v) is 71.0. The minimum absolute atomic E-state index is 0.0349. The number of aromatic nitrogens is 1. The number of rotatable bonds is 21. The van der Waals surface area contributed by atoms with Gasteiger partial charge >= 0.3 is 6.03 Å². The molecule has 24 heteroatoms. The maximum atomic E-state index is 13.6. The molecule has 2 N–H and O–H groups in total. The summed E-state index contributed by atoms with van der Waals surface area (Å²) in [5, 5.41) is 3.58. The topological polar surface area (TPSA) is 180 Å². The van der Waals surface area contributed by atoms with E-state index < -0.39 is 0 Å². The molecule has 111 heavy (non-hydrogen) atoms. The SMILES string of the molecule is CC(C)(C)[C@H]1CN(C(c2ccc(Cl)cc2)c2ccc(Br)cn2)CCN1C(=O)CC1CCN(C(N)=O)CC1.CCCC[C@H]1CN(C(c2ccc(Cl)cc2)c2ccc(Cl)cc2)CCN1C(=O)CC1CCN(C(C)=O)CC1.COCC[C@H]1CN(C(c2ccc(Cl)cc2)c2ccc(Cl)cc2)CCN1C(=O)CC1CCN(C(C)=O)CC1. The van der Waals surface area contributed by atoms with Crippen molar-refractivity contribution in [3.8, 4) is 0 Å². The van der Waals surface area contributed by atoms with Crippen molar-refractivity contribution in [3.05, 3.63) is 203 Å². The number of carbonyl (C=O) groups excluding carboxylic acids is 6. The molecule has 5 aromatic carbocycles. The molecule has 7 heterocycles. The summed E-state index contributed by atoms with van der Waals surface area (Å²) in [6, 6.07) is 44.4. The molecule has 6 aliphatic heterocycles. The molecule has 0 radical (unpaired) electrons. The second kappa shape index (κ2) is 41.8. The lowest BCUT2D eigenvalue weighted by molar-refractivity contribution is -0.142. The average molecular weight is 1680 g/mol. The number of primary amides is 1. The summed E-state index contributed by atoms with van der Waals surface area (Å²) < 4.78 is 6.37. The standard InChI is InChI=1S/C30H39Cl2N3O2.C29H37Cl2N3O3.C28H37BrClN5O2/c1-3-4-5-28-21-34(18-19-35(28)29(37)20-23-14-16-33(17-15-23)22(2)36)30(24-6-10-26(31)11-7-24)25-8-12-27(32)13-9-25;1-21(35)32-14-11-22(12-15-32)19-28(36)34-17-16-33(20-27(34)13-18-37-2)29(23-3-7-25(30)8-4-23)24-5-9-26(31)10-6-24;1-28(2,3)24-18-34(14-15-35(24)25(36)16-19-10-12-33(13-11-19)27(31)37)26(20-4-7-22(30)8-5-20)23-9-6-21(29)17-32-23/h6-13,23,28,30H,3-5,14-21H2,1-2H3;3-10,22,27,29H,11-20H2,1-2H3;4-9,17,19,24,26H,10-16,18H2,1-3H3,(H2,31,37)/t28-;27-;24-,26?/m001/s1. The lowest BCUT2D eigenvalue weighted by atomic mass is 9.82. The van der Waals surface area contributed by atoms with E-state index in [9.17, 15) is 28.8 Å². The fraction of sp³-hybridized carbons (Fsp3) is 0.529. The molecule has 6 aromatic rings. The second-order valence-electron chi connectivity index (χ2n) is 32.0. The molecule has 7 amide bonds. The van der Waals surface area contributed by atoms with Gasteiger partial charge in [0, 0.05) is 199 Å². The second-order valence-corrected chi connectivity index (χ2v) is 35.1. The normalized spacial score (nSPS) is 19.8. The van der Waals surface area contributed by atoms with Crippen molar-refractivity contribution >= 4 is 110 Å². The molecule has 12 rings (SSSR count). The molecule has 6 aliphatic rings. The van der Waals surface area contributed by atoms with Crippen LogP contribution in [0.25, 0.3) is 0 Å². The number of hydrogen-bond acceptors (Lipinski definition) is 11. The van der Waals surface area contributed by atoms with E-state index in [0.717, 1.165) is 173 Å². The fourth-order valence-electron chi connectivity index (χ4n) is 17.1. The number of nitrogens with two attached hydrogens (primary N) is 1. The van der Waals surface area contributed by atoms with E-state index in [1.807, 2.05) is 82.7 Å². The van der Waals surface area contributed by atoms with E-state index in [4.69, 9.17) is 73.5 Å². The summed E-state index contributed by atoms with van der Waals surface area (Å²) in [7, 11) is 1.71. The zero-order chi connectivity index (χ0) is 79.5. The van der Waals surface area contributed by atoms with Crippen molar-refractivity contribution < 1.29 is 33.5 Å². The Balaban J connectivity index is 0.000000177. The van der Waals surface area contributed by atoms with Crippen LogP contribution in [0.3, 0.4) is 0 Å². The molecule has 1 unspecified atom stereocenters. The Kier molecular flexibility index (Phi) is 32.8. The van der Waals surface area contributed by atoms with Crippen LogP contribution >= 0.6 is 73.9 Å². The molecular weight excluding hydrogens is 1570 g/mol. The van der Waals surface area contributed by atoms with Gasteiger partial charge in [-0.1, -0.05) is 159 Å². The summed E-state index contributed by atoms with van der Waals surface area (Å²) in [4.78, 5) is 99.4. The third-order valence-electron chi connectivity index (χ3n) is 23.4. The van der Waals surface area contributed by atoms with Gasteiger partial charge in [-0.3, -0.25) is 43.7 Å². The molecular formula is C87H113BrCl5N11O7. The first-order valence-electron chi connectivity index (χ1n) is 39.8. The van der Waals surface area contributed by atoms with Gasteiger partial charge in [-0.05, 0) is 191 Å². The van der Waals surface area contributed by atoms with Crippen LogP contribution in [-0.4, -0.2) is 215 Å². The van der Waals surface area contributed by atoms with Gasteiger partial charge in [-0.15, -0.1) is 0 Å². The number of carbonyl (C=O) groups is 6. The summed E-state index contributed by atoms with van der Waals surface area (Å²) in [5.41, 5.74) is 12.1. The van der Waals surface area contributed by atoms with Crippen LogP contribution in [0.1, 0.15) is 177 Å². The number of unbranched alkanes of at least 4 members (excludes halogenated alkanes) is 1. The number of piperazine rings is 3. The fourth-order valence-corrected chi connectivity index (χ4v) is 17.9. The molecule has 600 valence electrons. The monoisotopic (exact) mass is 1680 g/mol. The van der Waals surface area contributed by atoms with E-state index in [0.29, 0.717) is 79.0 Å². The number of ether oxygens (including phenoxy) is 1. The van der Waals surface area contributed by atoms with E-state index in [-0.39, 0.29) is 83.2 Å². The molecule has 6 fully saturated rings. The van der Waals surface area contributed by atoms with E-state index in [1.165, 1.54) is 11.1 Å². The Bertz CT molecular complexity index is 3670. The summed E-state index contributed by atoms with van der Waals surface area (Å²) in [6.45, 7) is 23.7. The number of benzene rings is 5. The van der Waals surface area contributed by atoms with Crippen molar-refractivity contribution in [3.63, 3.8) is 0 Å². The van der Waals surface area contributed by atoms with Gasteiger partial charge in [0.05, 0.1) is 23.8 Å². The number of urea groups is 1. The maximum Gasteiger partial charge on any atom is 0.314 e.